The van der Waals surface area contributed by atoms with Crippen molar-refractivity contribution >= 4 is 28.5 Å². The van der Waals surface area contributed by atoms with E-state index in [0.29, 0.717) is 0 Å². The molecule has 2 heterocycles. The number of hydrogen-bond donors (Lipinski definition) is 1. The topological polar surface area (TPSA) is 64.0 Å². The molecule has 3 rings (SSSR count). The van der Waals surface area contributed by atoms with Crippen LogP contribution >= 0.6 is 0 Å². The third-order valence-corrected chi connectivity index (χ3v) is 3.43. The van der Waals surface area contributed by atoms with Crippen molar-refractivity contribution in [2.45, 2.75) is 12.8 Å². The maximum absolute atomic E-state index is 12.7. The first-order chi connectivity index (χ1) is 11.1. The maximum Gasteiger partial charge on any atom is 0.231 e. The molecule has 1 aromatic carbocycles. The van der Waals surface area contributed by atoms with E-state index in [1.807, 2.05) is 30.3 Å². The van der Waals surface area contributed by atoms with Gasteiger partial charge in [0.05, 0.1) is 11.7 Å². The number of pyridine rings is 1. The maximum atomic E-state index is 12.7. The Morgan fingerprint density at radius 3 is 2.70 bits per heavy atom. The van der Waals surface area contributed by atoms with E-state index in [1.54, 1.807) is 10.8 Å². The van der Waals surface area contributed by atoms with Crippen LogP contribution in [0.5, 0.6) is 0 Å². The molecule has 0 saturated heterocycles. The van der Waals surface area contributed by atoms with Gasteiger partial charge in [0, 0.05) is 24.4 Å². The van der Waals surface area contributed by atoms with Crippen LogP contribution in [0.3, 0.4) is 0 Å². The lowest BCUT2D eigenvalue weighted by Gasteiger charge is -2.05. The van der Waals surface area contributed by atoms with E-state index >= 15 is 0 Å². The largest absolute Gasteiger partial charge is 0.311 e. The Morgan fingerprint density at radius 2 is 1.91 bits per heavy atom. The Balaban J connectivity index is 1.60. The molecule has 0 atom stereocenters. The van der Waals surface area contributed by atoms with Crippen LogP contribution < -0.4 is 5.32 Å². The molecule has 1 N–H and O–H groups in total. The first kappa shape index (κ1) is 14.9. The van der Waals surface area contributed by atoms with Crippen molar-refractivity contribution in [1.82, 2.24) is 9.55 Å². The van der Waals surface area contributed by atoms with Gasteiger partial charge in [-0.2, -0.15) is 0 Å². The van der Waals surface area contributed by atoms with Gasteiger partial charge >= 0.3 is 0 Å². The van der Waals surface area contributed by atoms with E-state index in [-0.39, 0.29) is 30.5 Å². The third-order valence-electron chi connectivity index (χ3n) is 3.43. The molecular weight excluding hydrogens is 297 g/mol. The summed E-state index contributed by atoms with van der Waals surface area (Å²) in [7, 11) is 0. The fourth-order valence-electron chi connectivity index (χ4n) is 2.30. The first-order valence-electron chi connectivity index (χ1n) is 7.14. The molecule has 0 radical (unpaired) electrons. The average molecular weight is 311 g/mol. The molecule has 0 unspecified atom stereocenters. The van der Waals surface area contributed by atoms with Crippen LogP contribution in [0.1, 0.15) is 17.6 Å². The number of para-hydroxylation sites is 1. The molecule has 0 aliphatic carbocycles. The van der Waals surface area contributed by atoms with Crippen LogP contribution in [0.2, 0.25) is 0 Å². The molecule has 5 nitrogen and oxygen atoms in total. The van der Waals surface area contributed by atoms with Crippen LogP contribution in [-0.2, 0) is 4.79 Å². The summed E-state index contributed by atoms with van der Waals surface area (Å²) in [6, 6.07) is 12.0. The standard InChI is InChI=1S/C17H14FN3O2/c18-13-5-6-15(19-11-13)20-16(22)7-8-17(23)21-10-9-12-3-1-2-4-14(12)21/h1-6,9-11H,7-8H2,(H,19,20,22). The lowest BCUT2D eigenvalue weighted by Crippen LogP contribution is -2.16. The lowest BCUT2D eigenvalue weighted by atomic mass is 10.2. The molecule has 23 heavy (non-hydrogen) atoms. The van der Waals surface area contributed by atoms with Crippen LogP contribution in [0.4, 0.5) is 10.2 Å². The highest BCUT2D eigenvalue weighted by Gasteiger charge is 2.11. The van der Waals surface area contributed by atoms with Gasteiger partial charge in [-0.3, -0.25) is 14.2 Å². The summed E-state index contributed by atoms with van der Waals surface area (Å²) in [4.78, 5) is 27.8. The number of aromatic nitrogens is 2. The molecule has 6 heteroatoms. The predicted octanol–water partition coefficient (Wildman–Crippen LogP) is 3.23. The fourth-order valence-corrected chi connectivity index (χ4v) is 2.30. The predicted molar refractivity (Wildman–Crippen MR) is 84.6 cm³/mol. The number of hydrogen-bond acceptors (Lipinski definition) is 3. The van der Waals surface area contributed by atoms with E-state index in [0.717, 1.165) is 17.1 Å². The van der Waals surface area contributed by atoms with Crippen molar-refractivity contribution in [3.05, 3.63) is 60.7 Å². The Bertz CT molecular complexity index is 856. The summed E-state index contributed by atoms with van der Waals surface area (Å²) < 4.78 is 14.3. The molecule has 3 aromatic rings. The molecule has 0 saturated carbocycles. The van der Waals surface area contributed by atoms with Crippen LogP contribution in [-0.4, -0.2) is 21.4 Å². The highest BCUT2D eigenvalue weighted by Crippen LogP contribution is 2.16. The number of rotatable bonds is 4. The quantitative estimate of drug-likeness (QED) is 0.804. The summed E-state index contributed by atoms with van der Waals surface area (Å²) >= 11 is 0. The zero-order valence-corrected chi connectivity index (χ0v) is 12.2. The summed E-state index contributed by atoms with van der Waals surface area (Å²) in [5.41, 5.74) is 0.818. The lowest BCUT2D eigenvalue weighted by molar-refractivity contribution is -0.116. The average Bonchev–Trinajstić information content (AvgIpc) is 2.99. The minimum atomic E-state index is -0.474. The molecular formula is C17H14FN3O2. The molecule has 2 aromatic heterocycles. The third kappa shape index (κ3) is 3.42. The highest BCUT2D eigenvalue weighted by atomic mass is 19.1. The Kier molecular flexibility index (Phi) is 4.14. The van der Waals surface area contributed by atoms with Crippen molar-refractivity contribution in [1.29, 1.82) is 0 Å². The van der Waals surface area contributed by atoms with Crippen molar-refractivity contribution in [2.75, 3.05) is 5.32 Å². The van der Waals surface area contributed by atoms with Gasteiger partial charge in [-0.15, -0.1) is 0 Å². The van der Waals surface area contributed by atoms with Gasteiger partial charge in [0.25, 0.3) is 0 Å². The Hall–Kier alpha value is -3.02. The first-order valence-corrected chi connectivity index (χ1v) is 7.14. The Morgan fingerprint density at radius 1 is 1.09 bits per heavy atom. The number of amides is 1. The number of benzene rings is 1. The zero-order valence-electron chi connectivity index (χ0n) is 12.2. The summed E-state index contributed by atoms with van der Waals surface area (Å²) in [5.74, 6) is -0.713. The zero-order chi connectivity index (χ0) is 16.2. The molecule has 0 bridgehead atoms. The van der Waals surface area contributed by atoms with Gasteiger partial charge in [-0.05, 0) is 24.3 Å². The molecule has 0 fully saturated rings. The van der Waals surface area contributed by atoms with Crippen LogP contribution in [0.25, 0.3) is 10.9 Å². The molecule has 0 aliphatic heterocycles. The van der Waals surface area contributed by atoms with Crippen LogP contribution in [0.15, 0.2) is 54.9 Å². The summed E-state index contributed by atoms with van der Waals surface area (Å²) in [5, 5.41) is 3.50. The van der Waals surface area contributed by atoms with E-state index < -0.39 is 5.82 Å². The van der Waals surface area contributed by atoms with E-state index in [1.165, 1.54) is 12.1 Å². The van der Waals surface area contributed by atoms with Crippen LogP contribution in [0, 0.1) is 5.82 Å². The second kappa shape index (κ2) is 6.39. The number of anilines is 1. The minimum absolute atomic E-state index is 0.0321. The molecule has 116 valence electrons. The second-order valence-electron chi connectivity index (χ2n) is 5.05. The van der Waals surface area contributed by atoms with Crippen molar-refractivity contribution in [2.24, 2.45) is 0 Å². The molecule has 1 amide bonds. The highest BCUT2D eigenvalue weighted by molar-refractivity contribution is 5.96. The monoisotopic (exact) mass is 311 g/mol. The van der Waals surface area contributed by atoms with E-state index in [4.69, 9.17) is 0 Å². The summed E-state index contributed by atoms with van der Waals surface area (Å²) in [6.45, 7) is 0. The van der Waals surface area contributed by atoms with Crippen molar-refractivity contribution in [3.63, 3.8) is 0 Å². The SMILES string of the molecule is O=C(CCC(=O)n1ccc2ccccc21)Nc1ccc(F)cn1. The number of halogens is 1. The number of nitrogens with one attached hydrogen (secondary N) is 1. The molecule has 0 aliphatic rings. The summed E-state index contributed by atoms with van der Waals surface area (Å²) in [6.07, 6.45) is 2.83. The number of carbonyl (C=O) groups excluding carboxylic acids is 2. The van der Waals surface area contributed by atoms with Crippen molar-refractivity contribution < 1.29 is 14.0 Å². The number of nitrogens with zero attached hydrogens (tertiary/aromatic N) is 2. The number of fused-ring (bicyclic) bond motifs is 1. The molecule has 0 spiro atoms. The normalized spacial score (nSPS) is 10.7. The van der Waals surface area contributed by atoms with Gasteiger partial charge in [0.1, 0.15) is 11.6 Å². The van der Waals surface area contributed by atoms with Gasteiger partial charge in [-0.1, -0.05) is 18.2 Å². The van der Waals surface area contributed by atoms with Gasteiger partial charge in [-0.25, -0.2) is 9.37 Å². The van der Waals surface area contributed by atoms with Gasteiger partial charge in [0.2, 0.25) is 11.8 Å². The van der Waals surface area contributed by atoms with Crippen molar-refractivity contribution in [3.8, 4) is 0 Å². The second-order valence-corrected chi connectivity index (χ2v) is 5.05. The fraction of sp³-hybridized carbons (Fsp3) is 0.118. The smallest absolute Gasteiger partial charge is 0.231 e. The number of carbonyl (C=O) groups is 2. The van der Waals surface area contributed by atoms with E-state index in [2.05, 4.69) is 10.3 Å². The Labute approximate surface area is 131 Å². The minimum Gasteiger partial charge on any atom is -0.311 e. The van der Waals surface area contributed by atoms with E-state index in [9.17, 15) is 14.0 Å². The van der Waals surface area contributed by atoms with Gasteiger partial charge < -0.3 is 5.32 Å². The van der Waals surface area contributed by atoms with Gasteiger partial charge in [0.15, 0.2) is 0 Å².